The Labute approximate surface area is 149 Å². The van der Waals surface area contributed by atoms with E-state index in [1.54, 1.807) is 16.9 Å². The zero-order chi connectivity index (χ0) is 18.3. The predicted molar refractivity (Wildman–Crippen MR) is 97.7 cm³/mol. The highest BCUT2D eigenvalue weighted by Crippen LogP contribution is 2.29. The van der Waals surface area contributed by atoms with Crippen molar-refractivity contribution in [1.29, 1.82) is 5.26 Å². The Hall–Kier alpha value is -3.40. The van der Waals surface area contributed by atoms with Gasteiger partial charge in [-0.1, -0.05) is 0 Å². The van der Waals surface area contributed by atoms with Crippen LogP contribution in [0.5, 0.6) is 0 Å². The first kappa shape index (κ1) is 16.1. The van der Waals surface area contributed by atoms with Crippen LogP contribution in [-0.2, 0) is 6.42 Å². The molecule has 4 rings (SSSR count). The number of benzene rings is 1. The number of fused-ring (bicyclic) bond motifs is 2. The maximum absolute atomic E-state index is 12.4. The van der Waals surface area contributed by atoms with E-state index in [4.69, 9.17) is 5.26 Å². The second kappa shape index (κ2) is 6.15. The lowest BCUT2D eigenvalue weighted by molar-refractivity contribution is 0.0994. The molecule has 7 heteroatoms. The van der Waals surface area contributed by atoms with Gasteiger partial charge in [0, 0.05) is 23.9 Å². The van der Waals surface area contributed by atoms with Gasteiger partial charge in [0.25, 0.3) is 5.56 Å². The summed E-state index contributed by atoms with van der Waals surface area (Å²) in [6, 6.07) is 9.33. The lowest BCUT2D eigenvalue weighted by Gasteiger charge is -2.09. The van der Waals surface area contributed by atoms with Gasteiger partial charge in [0.2, 0.25) is 0 Å². The summed E-state index contributed by atoms with van der Waals surface area (Å²) in [7, 11) is 0. The first-order valence-corrected chi connectivity index (χ1v) is 8.48. The molecule has 0 fully saturated rings. The lowest BCUT2D eigenvalue weighted by Crippen LogP contribution is -2.08. The number of anilines is 2. The van der Waals surface area contributed by atoms with Gasteiger partial charge in [-0.2, -0.15) is 10.4 Å². The van der Waals surface area contributed by atoms with E-state index >= 15 is 0 Å². The number of carbonyl (C=O) groups is 1. The number of Topliss-reactive ketones (excluding diaryl/α,β-unsaturated/α-hetero) is 1. The van der Waals surface area contributed by atoms with E-state index in [2.05, 4.69) is 21.5 Å². The van der Waals surface area contributed by atoms with Crippen LogP contribution in [0.1, 0.15) is 41.7 Å². The smallest absolute Gasteiger partial charge is 0.261 e. The topological polar surface area (TPSA) is 104 Å². The first-order chi connectivity index (χ1) is 12.6. The molecule has 0 amide bonds. The summed E-state index contributed by atoms with van der Waals surface area (Å²) in [4.78, 5) is 26.8. The summed E-state index contributed by atoms with van der Waals surface area (Å²) < 4.78 is 1.70. The molecule has 2 N–H and O–H groups in total. The molecule has 130 valence electrons. The Morgan fingerprint density at radius 2 is 2.19 bits per heavy atom. The number of nitriles is 1. The average Bonchev–Trinajstić information content (AvgIpc) is 3.17. The van der Waals surface area contributed by atoms with Gasteiger partial charge in [0.1, 0.15) is 5.39 Å². The van der Waals surface area contributed by atoms with Gasteiger partial charge >= 0.3 is 0 Å². The molecule has 0 saturated carbocycles. The van der Waals surface area contributed by atoms with Gasteiger partial charge in [-0.25, -0.2) is 0 Å². The van der Waals surface area contributed by atoms with Crippen molar-refractivity contribution >= 4 is 28.2 Å². The van der Waals surface area contributed by atoms with Crippen LogP contribution in [0.15, 0.2) is 35.3 Å². The van der Waals surface area contributed by atoms with Crippen molar-refractivity contribution in [3.63, 3.8) is 0 Å². The number of rotatable bonds is 4. The predicted octanol–water partition coefficient (Wildman–Crippen LogP) is 3.07. The van der Waals surface area contributed by atoms with Crippen LogP contribution in [-0.4, -0.2) is 20.5 Å². The molecule has 1 aromatic carbocycles. The number of nitrogens with zero attached hydrogens (tertiary/aromatic N) is 3. The molecule has 0 bridgehead atoms. The number of aromatic amines is 1. The summed E-state index contributed by atoms with van der Waals surface area (Å²) in [5.41, 5.74) is 3.00. The number of pyridine rings is 1. The number of aromatic nitrogens is 3. The molecule has 2 heterocycles. The number of ketones is 1. The minimum atomic E-state index is -0.239. The monoisotopic (exact) mass is 347 g/mol. The fourth-order valence-corrected chi connectivity index (χ4v) is 3.41. The van der Waals surface area contributed by atoms with E-state index in [-0.39, 0.29) is 17.4 Å². The largest absolute Gasteiger partial charge is 0.338 e. The normalized spacial score (nSPS) is 14.2. The van der Waals surface area contributed by atoms with E-state index in [0.29, 0.717) is 29.6 Å². The fourth-order valence-electron chi connectivity index (χ4n) is 3.41. The maximum atomic E-state index is 12.4. The van der Waals surface area contributed by atoms with E-state index in [9.17, 15) is 9.59 Å². The van der Waals surface area contributed by atoms with Gasteiger partial charge in [0.05, 0.1) is 24.0 Å². The zero-order valence-corrected chi connectivity index (χ0v) is 14.2. The highest BCUT2D eigenvalue weighted by Gasteiger charge is 2.21. The van der Waals surface area contributed by atoms with Gasteiger partial charge in [0.15, 0.2) is 11.6 Å². The summed E-state index contributed by atoms with van der Waals surface area (Å²) in [5, 5.41) is 17.2. The molecule has 7 nitrogen and oxygen atoms in total. The van der Waals surface area contributed by atoms with Gasteiger partial charge < -0.3 is 10.3 Å². The Morgan fingerprint density at radius 3 is 3.00 bits per heavy atom. The summed E-state index contributed by atoms with van der Waals surface area (Å²) in [6.07, 6.45) is 3.15. The van der Waals surface area contributed by atoms with Crippen LogP contribution >= 0.6 is 0 Å². The van der Waals surface area contributed by atoms with E-state index in [1.165, 1.54) is 0 Å². The number of aryl methyl sites for hydroxylation is 1. The van der Waals surface area contributed by atoms with Crippen molar-refractivity contribution in [2.24, 2.45) is 0 Å². The molecule has 0 saturated heterocycles. The molecule has 3 aromatic rings. The highest BCUT2D eigenvalue weighted by molar-refractivity contribution is 6.01. The van der Waals surface area contributed by atoms with E-state index < -0.39 is 0 Å². The van der Waals surface area contributed by atoms with Crippen molar-refractivity contribution in [2.75, 3.05) is 5.32 Å². The minimum Gasteiger partial charge on any atom is -0.338 e. The standard InChI is InChI=1S/C19H17N5O2/c1-11(6-8-20)24-15-7-9-21-19(26)17(15)18(23-24)22-13-3-4-14-12(10-13)2-5-16(14)25/h3-4,7,9-11H,2,5-6H2,1H3,(H,21,26)(H,22,23)/t11-/m0/s1. The van der Waals surface area contributed by atoms with Gasteiger partial charge in [-0.15, -0.1) is 0 Å². The van der Waals surface area contributed by atoms with Crippen molar-refractivity contribution in [3.8, 4) is 6.07 Å². The average molecular weight is 347 g/mol. The molecule has 0 aliphatic heterocycles. The number of hydrogen-bond acceptors (Lipinski definition) is 5. The Balaban J connectivity index is 1.79. The number of hydrogen-bond donors (Lipinski definition) is 2. The van der Waals surface area contributed by atoms with Gasteiger partial charge in [-0.05, 0) is 43.2 Å². The number of nitrogens with one attached hydrogen (secondary N) is 2. The first-order valence-electron chi connectivity index (χ1n) is 8.48. The Bertz CT molecular complexity index is 1120. The van der Waals surface area contributed by atoms with Crippen LogP contribution < -0.4 is 10.9 Å². The van der Waals surface area contributed by atoms with Crippen LogP contribution in [0.4, 0.5) is 11.5 Å². The third-order valence-corrected chi connectivity index (χ3v) is 4.72. The van der Waals surface area contributed by atoms with E-state index in [0.717, 1.165) is 23.2 Å². The molecular formula is C19H17N5O2. The van der Waals surface area contributed by atoms with Gasteiger partial charge in [-0.3, -0.25) is 14.3 Å². The molecule has 0 radical (unpaired) electrons. The quantitative estimate of drug-likeness (QED) is 0.755. The van der Waals surface area contributed by atoms with Crippen LogP contribution in [0.2, 0.25) is 0 Å². The summed E-state index contributed by atoms with van der Waals surface area (Å²) in [6.45, 7) is 1.89. The maximum Gasteiger partial charge on any atom is 0.261 e. The lowest BCUT2D eigenvalue weighted by atomic mass is 10.1. The molecule has 2 aromatic heterocycles. The summed E-state index contributed by atoms with van der Waals surface area (Å²) in [5.74, 6) is 0.610. The molecule has 0 spiro atoms. The van der Waals surface area contributed by atoms with Crippen molar-refractivity contribution < 1.29 is 4.79 Å². The zero-order valence-electron chi connectivity index (χ0n) is 14.2. The molecular weight excluding hydrogens is 330 g/mol. The van der Waals surface area contributed by atoms with Crippen LogP contribution in [0.25, 0.3) is 10.9 Å². The Kier molecular flexibility index (Phi) is 3.81. The number of H-pyrrole nitrogens is 1. The van der Waals surface area contributed by atoms with E-state index in [1.807, 2.05) is 25.1 Å². The third-order valence-electron chi connectivity index (χ3n) is 4.72. The highest BCUT2D eigenvalue weighted by atomic mass is 16.1. The van der Waals surface area contributed by atoms with Crippen LogP contribution in [0.3, 0.4) is 0 Å². The summed E-state index contributed by atoms with van der Waals surface area (Å²) >= 11 is 0. The fraction of sp³-hybridized carbons (Fsp3) is 0.263. The third kappa shape index (κ3) is 2.56. The second-order valence-corrected chi connectivity index (χ2v) is 6.49. The van der Waals surface area contributed by atoms with Crippen molar-refractivity contribution in [2.45, 2.75) is 32.2 Å². The second-order valence-electron chi connectivity index (χ2n) is 6.49. The molecule has 1 atom stereocenters. The number of carbonyl (C=O) groups excluding carboxylic acids is 1. The molecule has 1 aliphatic carbocycles. The Morgan fingerprint density at radius 1 is 1.35 bits per heavy atom. The minimum absolute atomic E-state index is 0.155. The molecule has 0 unspecified atom stereocenters. The molecule has 1 aliphatic rings. The van der Waals surface area contributed by atoms with Crippen molar-refractivity contribution in [3.05, 3.63) is 51.9 Å². The van der Waals surface area contributed by atoms with Crippen molar-refractivity contribution in [1.82, 2.24) is 14.8 Å². The molecule has 26 heavy (non-hydrogen) atoms. The SMILES string of the molecule is C[C@@H](CC#N)n1nc(Nc2ccc3c(c2)CCC3=O)c2c(=O)[nH]ccc21. The van der Waals surface area contributed by atoms with Crippen LogP contribution in [0, 0.1) is 11.3 Å².